The number of anilines is 2. The first-order chi connectivity index (χ1) is 6.74. The van der Waals surface area contributed by atoms with E-state index >= 15 is 0 Å². The molecule has 1 aromatic rings. The summed E-state index contributed by atoms with van der Waals surface area (Å²) in [5, 5.41) is 13.1. The maximum atomic E-state index is 9.97. The molecule has 1 rings (SSSR count). The summed E-state index contributed by atoms with van der Waals surface area (Å²) in [6, 6.07) is 3.55. The lowest BCUT2D eigenvalue weighted by atomic mass is 9.86. The van der Waals surface area contributed by atoms with Crippen LogP contribution in [0.1, 0.15) is 27.7 Å². The number of pyridine rings is 1. The van der Waals surface area contributed by atoms with Gasteiger partial charge in [-0.25, -0.2) is 4.98 Å². The predicted molar refractivity (Wildman–Crippen MR) is 62.6 cm³/mol. The fourth-order valence-electron chi connectivity index (χ4n) is 0.971. The first kappa shape index (κ1) is 11.8. The third-order valence-corrected chi connectivity index (χ3v) is 2.80. The molecular weight excluding hydrogens is 190 g/mol. The molecule has 0 saturated heterocycles. The van der Waals surface area contributed by atoms with Crippen molar-refractivity contribution in [3.63, 3.8) is 0 Å². The van der Waals surface area contributed by atoms with Crippen molar-refractivity contribution in [1.82, 2.24) is 4.98 Å². The van der Waals surface area contributed by atoms with Crippen LogP contribution in [0.5, 0.6) is 0 Å². The summed E-state index contributed by atoms with van der Waals surface area (Å²) < 4.78 is 0. The van der Waals surface area contributed by atoms with Gasteiger partial charge in [-0.3, -0.25) is 0 Å². The monoisotopic (exact) mass is 209 g/mol. The molecule has 0 fully saturated rings. The fourth-order valence-corrected chi connectivity index (χ4v) is 0.971. The molecule has 0 aliphatic carbocycles. The van der Waals surface area contributed by atoms with Crippen LogP contribution >= 0.6 is 0 Å². The Morgan fingerprint density at radius 3 is 2.40 bits per heavy atom. The molecule has 0 aliphatic rings. The number of aliphatic hydroxyl groups is 1. The molecule has 0 saturated carbocycles. The molecule has 0 amide bonds. The van der Waals surface area contributed by atoms with Crippen molar-refractivity contribution in [3.8, 4) is 0 Å². The molecule has 1 heterocycles. The zero-order chi connectivity index (χ0) is 11.7. The molecule has 4 nitrogen and oxygen atoms in total. The Bertz CT molecular complexity index is 342. The molecule has 4 N–H and O–H groups in total. The number of hydrogen-bond acceptors (Lipinski definition) is 4. The maximum absolute atomic E-state index is 9.97. The SMILES string of the molecule is CC(C)(O)C(C)(C)Nc1ncccc1N. The minimum absolute atomic E-state index is 0.504. The van der Waals surface area contributed by atoms with E-state index in [4.69, 9.17) is 5.73 Å². The summed E-state index contributed by atoms with van der Waals surface area (Å²) in [7, 11) is 0. The van der Waals surface area contributed by atoms with Gasteiger partial charge in [0.15, 0.2) is 0 Å². The van der Waals surface area contributed by atoms with Crippen LogP contribution in [-0.4, -0.2) is 21.2 Å². The van der Waals surface area contributed by atoms with Gasteiger partial charge in [-0.15, -0.1) is 0 Å². The lowest BCUT2D eigenvalue weighted by Gasteiger charge is -2.38. The van der Waals surface area contributed by atoms with Crippen molar-refractivity contribution in [3.05, 3.63) is 18.3 Å². The topological polar surface area (TPSA) is 71.2 Å². The molecule has 0 spiro atoms. The second-order valence-electron chi connectivity index (χ2n) is 4.75. The Hall–Kier alpha value is -1.29. The molecular formula is C11H19N3O. The van der Waals surface area contributed by atoms with E-state index in [0.29, 0.717) is 11.5 Å². The van der Waals surface area contributed by atoms with Gasteiger partial charge in [0.05, 0.1) is 16.8 Å². The van der Waals surface area contributed by atoms with Gasteiger partial charge in [0.1, 0.15) is 5.82 Å². The standard InChI is InChI=1S/C11H19N3O/c1-10(2,11(3,4)15)14-9-8(12)6-5-7-13-9/h5-7,15H,12H2,1-4H3,(H,13,14). The summed E-state index contributed by atoms with van der Waals surface area (Å²) in [4.78, 5) is 4.13. The van der Waals surface area contributed by atoms with Crippen molar-refractivity contribution in [2.45, 2.75) is 38.8 Å². The Morgan fingerprint density at radius 1 is 1.33 bits per heavy atom. The maximum Gasteiger partial charge on any atom is 0.149 e. The number of nitrogens with two attached hydrogens (primary N) is 1. The first-order valence-corrected chi connectivity index (χ1v) is 4.95. The predicted octanol–water partition coefficient (Wildman–Crippen LogP) is 1.63. The van der Waals surface area contributed by atoms with Crippen LogP contribution in [0.4, 0.5) is 11.5 Å². The second-order valence-corrected chi connectivity index (χ2v) is 4.75. The van der Waals surface area contributed by atoms with Crippen LogP contribution in [0.3, 0.4) is 0 Å². The van der Waals surface area contributed by atoms with Crippen molar-refractivity contribution >= 4 is 11.5 Å². The van der Waals surface area contributed by atoms with Gasteiger partial charge in [-0.1, -0.05) is 0 Å². The number of nitrogens with zero attached hydrogens (tertiary/aromatic N) is 1. The Morgan fingerprint density at radius 2 is 1.93 bits per heavy atom. The first-order valence-electron chi connectivity index (χ1n) is 4.95. The molecule has 15 heavy (non-hydrogen) atoms. The molecule has 0 unspecified atom stereocenters. The molecule has 4 heteroatoms. The number of nitrogens with one attached hydrogen (secondary N) is 1. The van der Waals surface area contributed by atoms with Gasteiger partial charge in [-0.05, 0) is 39.8 Å². The third-order valence-electron chi connectivity index (χ3n) is 2.80. The van der Waals surface area contributed by atoms with Crippen molar-refractivity contribution in [1.29, 1.82) is 0 Å². The van der Waals surface area contributed by atoms with Crippen LogP contribution in [0.15, 0.2) is 18.3 Å². The van der Waals surface area contributed by atoms with Crippen molar-refractivity contribution in [2.24, 2.45) is 0 Å². The number of rotatable bonds is 3. The average Bonchev–Trinajstić information content (AvgIpc) is 2.06. The van der Waals surface area contributed by atoms with E-state index in [1.165, 1.54) is 0 Å². The lowest BCUT2D eigenvalue weighted by molar-refractivity contribution is 0.0239. The molecule has 0 aromatic carbocycles. The minimum atomic E-state index is -0.864. The third kappa shape index (κ3) is 2.59. The zero-order valence-corrected chi connectivity index (χ0v) is 9.70. The Labute approximate surface area is 90.5 Å². The van der Waals surface area contributed by atoms with Crippen LogP contribution in [-0.2, 0) is 0 Å². The number of hydrogen-bond donors (Lipinski definition) is 3. The molecule has 1 aromatic heterocycles. The largest absolute Gasteiger partial charge is 0.396 e. The molecule has 0 radical (unpaired) electrons. The molecule has 0 atom stereocenters. The van der Waals surface area contributed by atoms with Crippen LogP contribution in [0, 0.1) is 0 Å². The van der Waals surface area contributed by atoms with Gasteiger partial charge in [0.25, 0.3) is 0 Å². The summed E-state index contributed by atoms with van der Waals surface area (Å²) in [5.74, 6) is 0.602. The van der Waals surface area contributed by atoms with Crippen LogP contribution < -0.4 is 11.1 Å². The fraction of sp³-hybridized carbons (Fsp3) is 0.545. The Kier molecular flexibility index (Phi) is 2.90. The average molecular weight is 209 g/mol. The van der Waals surface area contributed by atoms with Gasteiger partial charge >= 0.3 is 0 Å². The number of aromatic nitrogens is 1. The summed E-state index contributed by atoms with van der Waals surface area (Å²) in [6.45, 7) is 7.31. The van der Waals surface area contributed by atoms with E-state index in [-0.39, 0.29) is 0 Å². The van der Waals surface area contributed by atoms with Crippen molar-refractivity contribution < 1.29 is 5.11 Å². The normalized spacial score (nSPS) is 12.6. The van der Waals surface area contributed by atoms with E-state index in [2.05, 4.69) is 10.3 Å². The second kappa shape index (κ2) is 3.70. The van der Waals surface area contributed by atoms with E-state index in [1.807, 2.05) is 13.8 Å². The summed E-state index contributed by atoms with van der Waals surface area (Å²) in [5.41, 5.74) is 4.97. The van der Waals surface area contributed by atoms with Gasteiger partial charge in [0, 0.05) is 6.20 Å². The van der Waals surface area contributed by atoms with Gasteiger partial charge in [-0.2, -0.15) is 0 Å². The molecule has 84 valence electrons. The summed E-state index contributed by atoms with van der Waals surface area (Å²) >= 11 is 0. The number of nitrogen functional groups attached to an aromatic ring is 1. The highest BCUT2D eigenvalue weighted by Crippen LogP contribution is 2.27. The lowest BCUT2D eigenvalue weighted by Crippen LogP contribution is -2.51. The smallest absolute Gasteiger partial charge is 0.149 e. The quantitative estimate of drug-likeness (QED) is 0.707. The highest BCUT2D eigenvalue weighted by atomic mass is 16.3. The van der Waals surface area contributed by atoms with E-state index < -0.39 is 11.1 Å². The van der Waals surface area contributed by atoms with Gasteiger partial charge in [0.2, 0.25) is 0 Å². The molecule has 0 aliphatic heterocycles. The highest BCUT2D eigenvalue weighted by Gasteiger charge is 2.35. The highest BCUT2D eigenvalue weighted by molar-refractivity contribution is 5.61. The van der Waals surface area contributed by atoms with Crippen LogP contribution in [0.2, 0.25) is 0 Å². The Balaban J connectivity index is 2.92. The van der Waals surface area contributed by atoms with Crippen LogP contribution in [0.25, 0.3) is 0 Å². The van der Waals surface area contributed by atoms with E-state index in [0.717, 1.165) is 0 Å². The van der Waals surface area contributed by atoms with E-state index in [9.17, 15) is 5.11 Å². The summed E-state index contributed by atoms with van der Waals surface area (Å²) in [6.07, 6.45) is 1.67. The van der Waals surface area contributed by atoms with E-state index in [1.54, 1.807) is 32.2 Å². The zero-order valence-electron chi connectivity index (χ0n) is 9.70. The van der Waals surface area contributed by atoms with Crippen molar-refractivity contribution in [2.75, 3.05) is 11.1 Å². The minimum Gasteiger partial charge on any atom is -0.396 e. The molecule has 0 bridgehead atoms. The van der Waals surface area contributed by atoms with Gasteiger partial charge < -0.3 is 16.2 Å².